The molecule has 0 saturated carbocycles. The van der Waals surface area contributed by atoms with Crippen molar-refractivity contribution >= 4 is 11.6 Å². The number of hydrogen-bond acceptors (Lipinski definition) is 4. The van der Waals surface area contributed by atoms with Gasteiger partial charge in [-0.25, -0.2) is 4.68 Å². The molecule has 0 radical (unpaired) electrons. The maximum Gasteiger partial charge on any atom is 0.278 e. The molecular weight excluding hydrogens is 352 g/mol. The summed E-state index contributed by atoms with van der Waals surface area (Å²) >= 11 is 0. The molecule has 0 fully saturated rings. The third kappa shape index (κ3) is 3.68. The van der Waals surface area contributed by atoms with Crippen molar-refractivity contribution in [2.24, 2.45) is 0 Å². The molecule has 0 atom stereocenters. The minimum atomic E-state index is -0.310. The van der Waals surface area contributed by atoms with Crippen LogP contribution in [0.5, 0.6) is 0 Å². The van der Waals surface area contributed by atoms with Gasteiger partial charge in [0.2, 0.25) is 0 Å². The quantitative estimate of drug-likeness (QED) is 0.583. The lowest BCUT2D eigenvalue weighted by atomic mass is 10.2. The number of nitrogens with one attached hydrogen (secondary N) is 1. The van der Waals surface area contributed by atoms with Crippen LogP contribution in [0.4, 0.5) is 5.69 Å². The summed E-state index contributed by atoms with van der Waals surface area (Å²) in [5.74, 6) is -0.310. The van der Waals surface area contributed by atoms with E-state index in [2.05, 4.69) is 20.7 Å². The van der Waals surface area contributed by atoms with E-state index >= 15 is 0 Å². The summed E-state index contributed by atoms with van der Waals surface area (Å²) in [6.45, 7) is 4.49. The Labute approximate surface area is 162 Å². The van der Waals surface area contributed by atoms with Crippen LogP contribution in [0.2, 0.25) is 0 Å². The Balaban J connectivity index is 1.48. The molecule has 28 heavy (non-hydrogen) atoms. The van der Waals surface area contributed by atoms with E-state index < -0.39 is 0 Å². The number of aryl methyl sites for hydroxylation is 1. The Morgan fingerprint density at radius 3 is 2.54 bits per heavy atom. The summed E-state index contributed by atoms with van der Waals surface area (Å²) < 4.78 is 3.44. The second kappa shape index (κ2) is 7.48. The molecule has 4 rings (SSSR count). The molecule has 0 aliphatic heterocycles. The second-order valence-corrected chi connectivity index (χ2v) is 6.64. The van der Waals surface area contributed by atoms with Gasteiger partial charge in [-0.3, -0.25) is 9.48 Å². The van der Waals surface area contributed by atoms with Crippen molar-refractivity contribution in [1.29, 1.82) is 0 Å². The van der Waals surface area contributed by atoms with Crippen molar-refractivity contribution in [3.8, 4) is 5.69 Å². The summed E-state index contributed by atoms with van der Waals surface area (Å²) in [5, 5.41) is 15.3. The van der Waals surface area contributed by atoms with Crippen molar-refractivity contribution in [3.63, 3.8) is 0 Å². The fourth-order valence-corrected chi connectivity index (χ4v) is 2.95. The molecule has 0 bridgehead atoms. The van der Waals surface area contributed by atoms with Crippen LogP contribution in [0.3, 0.4) is 0 Å². The molecule has 2 aromatic heterocycles. The largest absolute Gasteiger partial charge is 0.318 e. The van der Waals surface area contributed by atoms with Crippen LogP contribution >= 0.6 is 0 Å². The summed E-state index contributed by atoms with van der Waals surface area (Å²) in [7, 11) is 0. The number of amides is 1. The van der Waals surface area contributed by atoms with Crippen LogP contribution in [-0.2, 0) is 6.54 Å². The number of nitrogens with zero attached hydrogens (tertiary/aromatic N) is 5. The molecule has 2 heterocycles. The van der Waals surface area contributed by atoms with E-state index in [9.17, 15) is 4.79 Å². The Bertz CT molecular complexity index is 1100. The van der Waals surface area contributed by atoms with Gasteiger partial charge in [-0.15, -0.1) is 5.10 Å². The average molecular weight is 372 g/mol. The highest BCUT2D eigenvalue weighted by Crippen LogP contribution is 2.15. The van der Waals surface area contributed by atoms with Gasteiger partial charge in [0.05, 0.1) is 29.8 Å². The van der Waals surface area contributed by atoms with Crippen molar-refractivity contribution in [1.82, 2.24) is 24.8 Å². The lowest BCUT2D eigenvalue weighted by molar-refractivity contribution is 0.102. The molecular formula is C21H20N6O. The first-order valence-electron chi connectivity index (χ1n) is 8.97. The van der Waals surface area contributed by atoms with Gasteiger partial charge in [-0.2, -0.15) is 5.10 Å². The van der Waals surface area contributed by atoms with Crippen molar-refractivity contribution < 1.29 is 4.79 Å². The topological polar surface area (TPSA) is 77.6 Å². The highest BCUT2D eigenvalue weighted by molar-refractivity contribution is 6.03. The number of anilines is 1. The van der Waals surface area contributed by atoms with Crippen LogP contribution < -0.4 is 5.32 Å². The normalized spacial score (nSPS) is 10.8. The number of aromatic nitrogens is 5. The van der Waals surface area contributed by atoms with Gasteiger partial charge in [0.15, 0.2) is 5.69 Å². The van der Waals surface area contributed by atoms with Crippen molar-refractivity contribution in [2.45, 2.75) is 20.4 Å². The molecule has 0 aliphatic carbocycles. The number of carbonyl (C=O) groups excluding carboxylic acids is 1. The van der Waals surface area contributed by atoms with Gasteiger partial charge in [0.1, 0.15) is 0 Å². The Morgan fingerprint density at radius 2 is 1.79 bits per heavy atom. The van der Waals surface area contributed by atoms with Crippen LogP contribution in [0, 0.1) is 13.8 Å². The molecule has 0 saturated heterocycles. The number of benzene rings is 2. The molecule has 7 nitrogen and oxygen atoms in total. The highest BCUT2D eigenvalue weighted by atomic mass is 16.2. The molecule has 0 unspecified atom stereocenters. The monoisotopic (exact) mass is 372 g/mol. The first kappa shape index (κ1) is 17.7. The Hall–Kier alpha value is -3.74. The lowest BCUT2D eigenvalue weighted by Gasteiger charge is -2.04. The van der Waals surface area contributed by atoms with Crippen LogP contribution in [0.1, 0.15) is 27.3 Å². The third-order valence-electron chi connectivity index (χ3n) is 4.47. The predicted octanol–water partition coefficient (Wildman–Crippen LogP) is 3.38. The number of rotatable bonds is 5. The van der Waals surface area contributed by atoms with Crippen LogP contribution in [-0.4, -0.2) is 30.7 Å². The first-order chi connectivity index (χ1) is 13.6. The summed E-state index contributed by atoms with van der Waals surface area (Å²) in [5.41, 5.74) is 4.75. The second-order valence-electron chi connectivity index (χ2n) is 6.64. The zero-order valence-corrected chi connectivity index (χ0v) is 15.7. The SMILES string of the molecule is Cc1ccc(-n2nnc(C(=O)Nc3cnn(Cc4ccccc4)c3)c2C)cc1. The fraction of sp³-hybridized carbons (Fsp3) is 0.143. The zero-order valence-electron chi connectivity index (χ0n) is 15.7. The van der Waals surface area contributed by atoms with Gasteiger partial charge in [-0.05, 0) is 31.5 Å². The summed E-state index contributed by atoms with van der Waals surface area (Å²) in [6, 6.07) is 17.9. The van der Waals surface area contributed by atoms with E-state index in [1.165, 1.54) is 0 Å². The van der Waals surface area contributed by atoms with Crippen molar-refractivity contribution in [3.05, 3.63) is 89.5 Å². The molecule has 7 heteroatoms. The van der Waals surface area contributed by atoms with Gasteiger partial charge < -0.3 is 5.32 Å². The molecule has 1 N–H and O–H groups in total. The Kier molecular flexibility index (Phi) is 4.72. The van der Waals surface area contributed by atoms with E-state index in [1.807, 2.05) is 68.4 Å². The molecule has 0 spiro atoms. The number of carbonyl (C=O) groups is 1. The van der Waals surface area contributed by atoms with Gasteiger partial charge in [0.25, 0.3) is 5.91 Å². The van der Waals surface area contributed by atoms with Crippen molar-refractivity contribution in [2.75, 3.05) is 5.32 Å². The van der Waals surface area contributed by atoms with E-state index in [0.29, 0.717) is 17.9 Å². The molecule has 1 amide bonds. The number of hydrogen-bond donors (Lipinski definition) is 1. The highest BCUT2D eigenvalue weighted by Gasteiger charge is 2.18. The fourth-order valence-electron chi connectivity index (χ4n) is 2.95. The van der Waals surface area contributed by atoms with E-state index in [1.54, 1.807) is 21.8 Å². The third-order valence-corrected chi connectivity index (χ3v) is 4.47. The maximum atomic E-state index is 12.6. The zero-order chi connectivity index (χ0) is 19.5. The minimum Gasteiger partial charge on any atom is -0.318 e. The lowest BCUT2D eigenvalue weighted by Crippen LogP contribution is -2.14. The summed E-state index contributed by atoms with van der Waals surface area (Å²) in [4.78, 5) is 12.6. The maximum absolute atomic E-state index is 12.6. The smallest absolute Gasteiger partial charge is 0.278 e. The molecule has 4 aromatic rings. The standard InChI is InChI=1S/C21H20N6O/c1-15-8-10-19(11-9-15)27-16(2)20(24-25-27)21(28)23-18-12-22-26(14-18)13-17-6-4-3-5-7-17/h3-12,14H,13H2,1-2H3,(H,23,28). The predicted molar refractivity (Wildman–Crippen MR) is 107 cm³/mol. The minimum absolute atomic E-state index is 0.288. The average Bonchev–Trinajstić information content (AvgIpc) is 3.29. The molecule has 140 valence electrons. The van der Waals surface area contributed by atoms with Gasteiger partial charge in [-0.1, -0.05) is 53.2 Å². The van der Waals surface area contributed by atoms with E-state index in [-0.39, 0.29) is 11.6 Å². The summed E-state index contributed by atoms with van der Waals surface area (Å²) in [6.07, 6.45) is 3.42. The van der Waals surface area contributed by atoms with Crippen LogP contribution in [0.15, 0.2) is 67.0 Å². The Morgan fingerprint density at radius 1 is 1.04 bits per heavy atom. The van der Waals surface area contributed by atoms with Gasteiger partial charge in [0, 0.05) is 6.20 Å². The van der Waals surface area contributed by atoms with E-state index in [4.69, 9.17) is 0 Å². The first-order valence-corrected chi connectivity index (χ1v) is 8.97. The van der Waals surface area contributed by atoms with Gasteiger partial charge >= 0.3 is 0 Å². The van der Waals surface area contributed by atoms with E-state index in [0.717, 1.165) is 16.8 Å². The van der Waals surface area contributed by atoms with Crippen LogP contribution in [0.25, 0.3) is 5.69 Å². The molecule has 0 aliphatic rings. The molecule has 2 aromatic carbocycles.